The smallest absolute Gasteiger partial charge is 0.0587 e. The highest BCUT2D eigenvalue weighted by Crippen LogP contribution is 2.06. The van der Waals surface area contributed by atoms with E-state index >= 15 is 0 Å². The van der Waals surface area contributed by atoms with Gasteiger partial charge in [0.2, 0.25) is 0 Å². The second-order valence-electron chi connectivity index (χ2n) is 3.79. The van der Waals surface area contributed by atoms with Gasteiger partial charge in [-0.05, 0) is 25.3 Å². The van der Waals surface area contributed by atoms with Gasteiger partial charge in [-0.1, -0.05) is 13.3 Å². The molecule has 0 saturated carbocycles. The average molecular weight is 203 g/mol. The van der Waals surface area contributed by atoms with Gasteiger partial charge in [-0.25, -0.2) is 0 Å². The van der Waals surface area contributed by atoms with Crippen molar-refractivity contribution in [1.82, 2.24) is 5.32 Å². The van der Waals surface area contributed by atoms with E-state index in [9.17, 15) is 0 Å². The van der Waals surface area contributed by atoms with Gasteiger partial charge >= 0.3 is 0 Å². The third-order valence-electron chi connectivity index (χ3n) is 2.27. The molecule has 3 heteroatoms. The first kappa shape index (κ1) is 13.9. The minimum Gasteiger partial charge on any atom is -0.385 e. The summed E-state index contributed by atoms with van der Waals surface area (Å²) in [6.45, 7) is 6.03. The molecule has 0 fully saturated rings. The molecule has 0 aliphatic rings. The van der Waals surface area contributed by atoms with Gasteiger partial charge in [0.1, 0.15) is 0 Å². The summed E-state index contributed by atoms with van der Waals surface area (Å²) < 4.78 is 9.96. The van der Waals surface area contributed by atoms with Crippen molar-refractivity contribution in [2.45, 2.75) is 26.2 Å². The van der Waals surface area contributed by atoms with Crippen LogP contribution in [-0.4, -0.2) is 40.5 Å². The van der Waals surface area contributed by atoms with Crippen LogP contribution >= 0.6 is 0 Å². The molecule has 0 aromatic carbocycles. The maximum Gasteiger partial charge on any atom is 0.0587 e. The first-order valence-corrected chi connectivity index (χ1v) is 5.49. The topological polar surface area (TPSA) is 30.5 Å². The molecule has 0 aromatic heterocycles. The average Bonchev–Trinajstić information content (AvgIpc) is 2.19. The second-order valence-corrected chi connectivity index (χ2v) is 3.79. The fourth-order valence-electron chi connectivity index (χ4n) is 1.36. The fraction of sp³-hybridized carbons (Fsp3) is 1.00. The van der Waals surface area contributed by atoms with Crippen LogP contribution < -0.4 is 5.32 Å². The Hall–Kier alpha value is -0.120. The maximum absolute atomic E-state index is 5.00. The predicted molar refractivity (Wildman–Crippen MR) is 59.6 cm³/mol. The van der Waals surface area contributed by atoms with E-state index in [4.69, 9.17) is 9.47 Å². The normalized spacial score (nSPS) is 13.1. The Bertz CT molecular complexity index is 97.5. The summed E-state index contributed by atoms with van der Waals surface area (Å²) in [4.78, 5) is 0. The lowest BCUT2D eigenvalue weighted by molar-refractivity contribution is 0.189. The van der Waals surface area contributed by atoms with Crippen LogP contribution in [0, 0.1) is 5.92 Å². The van der Waals surface area contributed by atoms with Crippen molar-refractivity contribution in [2.24, 2.45) is 5.92 Å². The van der Waals surface area contributed by atoms with Crippen LogP contribution in [0.25, 0.3) is 0 Å². The summed E-state index contributed by atoms with van der Waals surface area (Å²) in [5.41, 5.74) is 0. The van der Waals surface area contributed by atoms with Gasteiger partial charge in [0.25, 0.3) is 0 Å². The van der Waals surface area contributed by atoms with Crippen molar-refractivity contribution in [3.8, 4) is 0 Å². The molecule has 86 valence electrons. The van der Waals surface area contributed by atoms with E-state index in [0.717, 1.165) is 32.2 Å². The molecule has 0 bridgehead atoms. The summed E-state index contributed by atoms with van der Waals surface area (Å²) in [5, 5.41) is 3.37. The molecule has 0 aliphatic carbocycles. The zero-order valence-electron chi connectivity index (χ0n) is 9.84. The molecular formula is C11H25NO2. The van der Waals surface area contributed by atoms with E-state index in [1.54, 1.807) is 14.2 Å². The molecule has 0 heterocycles. The number of unbranched alkanes of at least 4 members (excludes halogenated alkanes) is 1. The minimum absolute atomic E-state index is 0.753. The van der Waals surface area contributed by atoms with Crippen LogP contribution in [0.4, 0.5) is 0 Å². The van der Waals surface area contributed by atoms with Gasteiger partial charge in [-0.15, -0.1) is 0 Å². The van der Waals surface area contributed by atoms with Crippen molar-refractivity contribution in [3.63, 3.8) is 0 Å². The van der Waals surface area contributed by atoms with Crippen LogP contribution in [0.2, 0.25) is 0 Å². The highest BCUT2D eigenvalue weighted by molar-refractivity contribution is 4.57. The quantitative estimate of drug-likeness (QED) is 0.548. The van der Waals surface area contributed by atoms with E-state index in [-0.39, 0.29) is 0 Å². The predicted octanol–water partition coefficient (Wildman–Crippen LogP) is 1.68. The van der Waals surface area contributed by atoms with Crippen molar-refractivity contribution < 1.29 is 9.47 Å². The van der Waals surface area contributed by atoms with Crippen molar-refractivity contribution in [2.75, 3.05) is 40.5 Å². The molecule has 0 rings (SSSR count). The number of nitrogens with one attached hydrogen (secondary N) is 1. The highest BCUT2D eigenvalue weighted by atomic mass is 16.5. The van der Waals surface area contributed by atoms with Crippen LogP contribution in [0.3, 0.4) is 0 Å². The Morgan fingerprint density at radius 2 is 1.79 bits per heavy atom. The minimum atomic E-state index is 0.753. The first-order valence-electron chi connectivity index (χ1n) is 5.49. The van der Waals surface area contributed by atoms with Gasteiger partial charge in [0.05, 0.1) is 6.61 Å². The molecule has 0 amide bonds. The second kappa shape index (κ2) is 11.0. The van der Waals surface area contributed by atoms with E-state index in [1.165, 1.54) is 19.3 Å². The maximum atomic E-state index is 5.00. The molecule has 0 aromatic rings. The summed E-state index contributed by atoms with van der Waals surface area (Å²) in [6.07, 6.45) is 3.73. The molecule has 0 saturated heterocycles. The Morgan fingerprint density at radius 1 is 1.07 bits per heavy atom. The van der Waals surface area contributed by atoms with Crippen LogP contribution in [0.1, 0.15) is 26.2 Å². The number of methoxy groups -OCH3 is 2. The lowest BCUT2D eigenvalue weighted by Gasteiger charge is -2.11. The van der Waals surface area contributed by atoms with Crippen LogP contribution in [0.15, 0.2) is 0 Å². The molecule has 14 heavy (non-hydrogen) atoms. The van der Waals surface area contributed by atoms with Gasteiger partial charge < -0.3 is 14.8 Å². The van der Waals surface area contributed by atoms with Gasteiger partial charge in [0.15, 0.2) is 0 Å². The molecule has 1 unspecified atom stereocenters. The zero-order valence-corrected chi connectivity index (χ0v) is 9.84. The third-order valence-corrected chi connectivity index (χ3v) is 2.27. The molecule has 1 atom stereocenters. The zero-order chi connectivity index (χ0) is 10.6. The van der Waals surface area contributed by atoms with Crippen molar-refractivity contribution >= 4 is 0 Å². The van der Waals surface area contributed by atoms with E-state index < -0.39 is 0 Å². The summed E-state index contributed by atoms with van der Waals surface area (Å²) in [6, 6.07) is 0. The van der Waals surface area contributed by atoms with Crippen LogP contribution in [0.5, 0.6) is 0 Å². The molecule has 3 nitrogen and oxygen atoms in total. The summed E-state index contributed by atoms with van der Waals surface area (Å²) in [5.74, 6) is 0.753. The molecule has 0 spiro atoms. The largest absolute Gasteiger partial charge is 0.385 e. The Balaban J connectivity index is 3.07. The SMILES string of the molecule is COCCCCC(C)CNCCOC. The highest BCUT2D eigenvalue weighted by Gasteiger charge is 2.00. The van der Waals surface area contributed by atoms with E-state index in [2.05, 4.69) is 12.2 Å². The first-order chi connectivity index (χ1) is 6.81. The Labute approximate surface area is 88.2 Å². The van der Waals surface area contributed by atoms with Gasteiger partial charge in [0, 0.05) is 27.4 Å². The number of rotatable bonds is 10. The number of hydrogen-bond acceptors (Lipinski definition) is 3. The molecular weight excluding hydrogens is 178 g/mol. The monoisotopic (exact) mass is 203 g/mol. The summed E-state index contributed by atoms with van der Waals surface area (Å²) >= 11 is 0. The van der Waals surface area contributed by atoms with E-state index in [0.29, 0.717) is 0 Å². The van der Waals surface area contributed by atoms with Gasteiger partial charge in [-0.3, -0.25) is 0 Å². The van der Waals surface area contributed by atoms with E-state index in [1.807, 2.05) is 0 Å². The lowest BCUT2D eigenvalue weighted by Crippen LogP contribution is -2.24. The summed E-state index contributed by atoms with van der Waals surface area (Å²) in [7, 11) is 3.49. The molecule has 0 radical (unpaired) electrons. The standard InChI is InChI=1S/C11H25NO2/c1-11(6-4-5-8-13-2)10-12-7-9-14-3/h11-12H,4-10H2,1-3H3. The fourth-order valence-corrected chi connectivity index (χ4v) is 1.36. The molecule has 0 aliphatic heterocycles. The van der Waals surface area contributed by atoms with Crippen molar-refractivity contribution in [1.29, 1.82) is 0 Å². The Morgan fingerprint density at radius 3 is 2.43 bits per heavy atom. The third kappa shape index (κ3) is 9.96. The lowest BCUT2D eigenvalue weighted by atomic mass is 10.0. The van der Waals surface area contributed by atoms with Crippen LogP contribution in [-0.2, 0) is 9.47 Å². The number of hydrogen-bond donors (Lipinski definition) is 1. The van der Waals surface area contributed by atoms with Gasteiger partial charge in [-0.2, -0.15) is 0 Å². The van der Waals surface area contributed by atoms with Crippen molar-refractivity contribution in [3.05, 3.63) is 0 Å². The Kier molecular flexibility index (Phi) is 10.9. The number of ether oxygens (including phenoxy) is 2. The molecule has 1 N–H and O–H groups in total.